The van der Waals surface area contributed by atoms with Crippen molar-refractivity contribution in [2.45, 2.75) is 33.3 Å². The Morgan fingerprint density at radius 1 is 1.40 bits per heavy atom. The predicted octanol–water partition coefficient (Wildman–Crippen LogP) is 1.95. The molecule has 0 fully saturated rings. The standard InChI is InChI=1S/C11H18N2O2/c1-5-11(2,3)9(14)8-10(15-4)13-7-6-12-8/h6-7,9,14H,5H2,1-4H3. The van der Waals surface area contributed by atoms with E-state index in [1.165, 1.54) is 7.11 Å². The first-order valence-electron chi connectivity index (χ1n) is 5.06. The topological polar surface area (TPSA) is 55.2 Å². The Bertz CT molecular complexity index is 326. The monoisotopic (exact) mass is 210 g/mol. The lowest BCUT2D eigenvalue weighted by Crippen LogP contribution is -2.22. The zero-order valence-corrected chi connectivity index (χ0v) is 9.69. The lowest BCUT2D eigenvalue weighted by Gasteiger charge is -2.28. The Balaban J connectivity index is 3.05. The van der Waals surface area contributed by atoms with Gasteiger partial charge in [0.2, 0.25) is 5.88 Å². The predicted molar refractivity (Wildman–Crippen MR) is 57.6 cm³/mol. The summed E-state index contributed by atoms with van der Waals surface area (Å²) in [6, 6.07) is 0. The highest BCUT2D eigenvalue weighted by atomic mass is 16.5. The summed E-state index contributed by atoms with van der Waals surface area (Å²) in [5.41, 5.74) is 0.274. The second kappa shape index (κ2) is 4.57. The molecule has 1 N–H and O–H groups in total. The molecule has 4 heteroatoms. The highest BCUT2D eigenvalue weighted by molar-refractivity contribution is 5.21. The smallest absolute Gasteiger partial charge is 0.238 e. The summed E-state index contributed by atoms with van der Waals surface area (Å²) in [5.74, 6) is 0.395. The summed E-state index contributed by atoms with van der Waals surface area (Å²) in [6.45, 7) is 6.02. The van der Waals surface area contributed by atoms with Crippen LogP contribution in [0.15, 0.2) is 12.4 Å². The van der Waals surface area contributed by atoms with Gasteiger partial charge in [-0.15, -0.1) is 0 Å². The third-order valence-electron chi connectivity index (χ3n) is 2.80. The van der Waals surface area contributed by atoms with Crippen molar-refractivity contribution >= 4 is 0 Å². The Morgan fingerprint density at radius 3 is 2.53 bits per heavy atom. The van der Waals surface area contributed by atoms with E-state index in [1.54, 1.807) is 12.4 Å². The van der Waals surface area contributed by atoms with E-state index in [-0.39, 0.29) is 5.41 Å². The van der Waals surface area contributed by atoms with E-state index >= 15 is 0 Å². The zero-order valence-electron chi connectivity index (χ0n) is 9.69. The van der Waals surface area contributed by atoms with Crippen molar-refractivity contribution in [2.24, 2.45) is 5.41 Å². The highest BCUT2D eigenvalue weighted by Gasteiger charge is 2.31. The van der Waals surface area contributed by atoms with Gasteiger partial charge in [-0.25, -0.2) is 4.98 Å². The lowest BCUT2D eigenvalue weighted by molar-refractivity contribution is 0.0403. The molecule has 0 saturated heterocycles. The number of ether oxygens (including phenoxy) is 1. The minimum atomic E-state index is -0.661. The molecule has 1 unspecified atom stereocenters. The summed E-state index contributed by atoms with van der Waals surface area (Å²) in [6.07, 6.45) is 3.31. The van der Waals surface area contributed by atoms with Gasteiger partial charge in [-0.1, -0.05) is 20.8 Å². The van der Waals surface area contributed by atoms with E-state index in [4.69, 9.17) is 4.74 Å². The molecule has 0 radical (unpaired) electrons. The van der Waals surface area contributed by atoms with Crippen molar-refractivity contribution in [3.8, 4) is 5.88 Å². The number of aromatic nitrogens is 2. The first-order chi connectivity index (χ1) is 7.03. The van der Waals surface area contributed by atoms with Crippen LogP contribution in [0, 0.1) is 5.41 Å². The average molecular weight is 210 g/mol. The van der Waals surface area contributed by atoms with Gasteiger partial charge in [0, 0.05) is 12.4 Å². The van der Waals surface area contributed by atoms with Crippen LogP contribution in [-0.2, 0) is 0 Å². The van der Waals surface area contributed by atoms with Gasteiger partial charge in [0.15, 0.2) is 0 Å². The average Bonchev–Trinajstić information content (AvgIpc) is 2.28. The van der Waals surface area contributed by atoms with Gasteiger partial charge in [-0.2, -0.15) is 0 Å². The van der Waals surface area contributed by atoms with Gasteiger partial charge in [0.05, 0.1) is 7.11 Å². The normalized spacial score (nSPS) is 13.7. The zero-order chi connectivity index (χ0) is 11.5. The molecule has 1 rings (SSSR count). The molecule has 1 aromatic heterocycles. The minimum absolute atomic E-state index is 0.233. The maximum absolute atomic E-state index is 10.2. The minimum Gasteiger partial charge on any atom is -0.480 e. The van der Waals surface area contributed by atoms with E-state index in [0.29, 0.717) is 11.6 Å². The summed E-state index contributed by atoms with van der Waals surface area (Å²) in [7, 11) is 1.53. The molecule has 0 aliphatic rings. The molecular formula is C11H18N2O2. The van der Waals surface area contributed by atoms with Gasteiger partial charge >= 0.3 is 0 Å². The molecule has 0 amide bonds. The Kier molecular flexibility index (Phi) is 3.63. The molecule has 0 aliphatic heterocycles. The molecule has 0 bridgehead atoms. The van der Waals surface area contributed by atoms with Gasteiger partial charge in [0.25, 0.3) is 0 Å². The van der Waals surface area contributed by atoms with Crippen LogP contribution in [0.3, 0.4) is 0 Å². The molecule has 0 spiro atoms. The van der Waals surface area contributed by atoms with Crippen molar-refractivity contribution < 1.29 is 9.84 Å². The molecular weight excluding hydrogens is 192 g/mol. The van der Waals surface area contributed by atoms with Crippen molar-refractivity contribution in [3.63, 3.8) is 0 Å². The van der Waals surface area contributed by atoms with E-state index in [0.717, 1.165) is 6.42 Å². The summed E-state index contributed by atoms with van der Waals surface area (Å²) in [4.78, 5) is 8.15. The van der Waals surface area contributed by atoms with E-state index in [1.807, 2.05) is 20.8 Å². The molecule has 1 heterocycles. The van der Waals surface area contributed by atoms with Gasteiger partial charge in [0.1, 0.15) is 11.8 Å². The van der Waals surface area contributed by atoms with Crippen LogP contribution in [0.1, 0.15) is 39.0 Å². The Hall–Kier alpha value is -1.16. The quantitative estimate of drug-likeness (QED) is 0.825. The number of hydrogen-bond acceptors (Lipinski definition) is 4. The molecule has 0 aromatic carbocycles. The van der Waals surface area contributed by atoms with Crippen molar-refractivity contribution in [1.29, 1.82) is 0 Å². The largest absolute Gasteiger partial charge is 0.480 e. The lowest BCUT2D eigenvalue weighted by atomic mass is 9.82. The maximum Gasteiger partial charge on any atom is 0.238 e. The van der Waals surface area contributed by atoms with Crippen LogP contribution < -0.4 is 4.74 Å². The molecule has 15 heavy (non-hydrogen) atoms. The number of rotatable bonds is 4. The van der Waals surface area contributed by atoms with E-state index in [2.05, 4.69) is 9.97 Å². The molecule has 4 nitrogen and oxygen atoms in total. The van der Waals surface area contributed by atoms with Crippen LogP contribution in [-0.4, -0.2) is 22.2 Å². The first-order valence-corrected chi connectivity index (χ1v) is 5.06. The van der Waals surface area contributed by atoms with Crippen molar-refractivity contribution in [1.82, 2.24) is 9.97 Å². The van der Waals surface area contributed by atoms with Crippen LogP contribution in [0.5, 0.6) is 5.88 Å². The van der Waals surface area contributed by atoms with Crippen LogP contribution in [0.25, 0.3) is 0 Å². The van der Waals surface area contributed by atoms with Gasteiger partial charge < -0.3 is 9.84 Å². The van der Waals surface area contributed by atoms with E-state index in [9.17, 15) is 5.11 Å². The molecule has 1 aromatic rings. The highest BCUT2D eigenvalue weighted by Crippen LogP contribution is 2.37. The number of methoxy groups -OCH3 is 1. The van der Waals surface area contributed by atoms with Gasteiger partial charge in [-0.3, -0.25) is 4.98 Å². The number of aliphatic hydroxyl groups is 1. The fourth-order valence-corrected chi connectivity index (χ4v) is 1.24. The number of nitrogens with zero attached hydrogens (tertiary/aromatic N) is 2. The second-order valence-corrected chi connectivity index (χ2v) is 4.20. The molecule has 0 aliphatic carbocycles. The Morgan fingerprint density at radius 2 is 2.00 bits per heavy atom. The third-order valence-corrected chi connectivity index (χ3v) is 2.80. The SMILES string of the molecule is CCC(C)(C)C(O)c1nccnc1OC. The van der Waals surface area contributed by atoms with Crippen LogP contribution >= 0.6 is 0 Å². The molecule has 1 atom stereocenters. The maximum atomic E-state index is 10.2. The van der Waals surface area contributed by atoms with E-state index < -0.39 is 6.10 Å². The van der Waals surface area contributed by atoms with Crippen molar-refractivity contribution in [3.05, 3.63) is 18.1 Å². The molecule has 84 valence electrons. The van der Waals surface area contributed by atoms with Crippen molar-refractivity contribution in [2.75, 3.05) is 7.11 Å². The summed E-state index contributed by atoms with van der Waals surface area (Å²) >= 11 is 0. The third kappa shape index (κ3) is 2.45. The van der Waals surface area contributed by atoms with Crippen LogP contribution in [0.2, 0.25) is 0 Å². The fourth-order valence-electron chi connectivity index (χ4n) is 1.24. The van der Waals surface area contributed by atoms with Crippen LogP contribution in [0.4, 0.5) is 0 Å². The fraction of sp³-hybridized carbons (Fsp3) is 0.636. The number of hydrogen-bond donors (Lipinski definition) is 1. The Labute approximate surface area is 90.3 Å². The summed E-state index contributed by atoms with van der Waals surface area (Å²) in [5, 5.41) is 10.2. The number of aliphatic hydroxyl groups excluding tert-OH is 1. The molecule has 0 saturated carbocycles. The second-order valence-electron chi connectivity index (χ2n) is 4.20. The summed E-state index contributed by atoms with van der Waals surface area (Å²) < 4.78 is 5.07. The van der Waals surface area contributed by atoms with Gasteiger partial charge in [-0.05, 0) is 11.8 Å². The first kappa shape index (κ1) is 11.9.